The Morgan fingerprint density at radius 1 is 1.36 bits per heavy atom. The van der Waals surface area contributed by atoms with Crippen LogP contribution in [0, 0.1) is 5.92 Å². The summed E-state index contributed by atoms with van der Waals surface area (Å²) in [7, 11) is 0. The van der Waals surface area contributed by atoms with Gasteiger partial charge in [0.25, 0.3) is 0 Å². The van der Waals surface area contributed by atoms with E-state index in [4.69, 9.17) is 4.55 Å². The lowest BCUT2D eigenvalue weighted by molar-refractivity contribution is 0.477. The summed E-state index contributed by atoms with van der Waals surface area (Å²) in [5.41, 5.74) is 0. The minimum Gasteiger partial charge on any atom is -0.316 e. The van der Waals surface area contributed by atoms with Crippen LogP contribution in [0.5, 0.6) is 0 Å². The molecule has 0 aromatic rings. The third kappa shape index (κ3) is 10.2. The van der Waals surface area contributed by atoms with E-state index in [1.807, 2.05) is 0 Å². The third-order valence-corrected chi connectivity index (χ3v) is 3.00. The van der Waals surface area contributed by atoms with Gasteiger partial charge in [0.15, 0.2) is 11.1 Å². The molecular formula is C10H23NO2S. The minimum atomic E-state index is -1.64. The monoisotopic (exact) mass is 221 g/mol. The van der Waals surface area contributed by atoms with E-state index in [2.05, 4.69) is 19.2 Å². The minimum absolute atomic E-state index is 0.339. The van der Waals surface area contributed by atoms with Crippen LogP contribution in [0.1, 0.15) is 39.5 Å². The number of rotatable bonds is 9. The molecule has 86 valence electrons. The van der Waals surface area contributed by atoms with E-state index in [-0.39, 0.29) is 0 Å². The second-order valence-corrected chi connectivity index (χ2v) is 4.84. The molecule has 0 aromatic heterocycles. The molecule has 0 spiro atoms. The summed E-state index contributed by atoms with van der Waals surface area (Å²) in [6, 6.07) is 0. The van der Waals surface area contributed by atoms with Gasteiger partial charge < -0.3 is 9.87 Å². The molecule has 0 rings (SSSR count). The van der Waals surface area contributed by atoms with E-state index in [0.717, 1.165) is 12.5 Å². The molecule has 3 nitrogen and oxygen atoms in total. The molecular weight excluding hydrogens is 198 g/mol. The Hall–Kier alpha value is 0.0700. The van der Waals surface area contributed by atoms with Gasteiger partial charge in [-0.3, -0.25) is 0 Å². The molecule has 0 heterocycles. The number of hydrogen-bond donors (Lipinski definition) is 2. The Kier molecular flexibility index (Phi) is 9.67. The predicted octanol–water partition coefficient (Wildman–Crippen LogP) is 2.01. The molecule has 0 saturated heterocycles. The van der Waals surface area contributed by atoms with Gasteiger partial charge in [0, 0.05) is 6.54 Å². The summed E-state index contributed by atoms with van der Waals surface area (Å²) in [4.78, 5) is 0. The van der Waals surface area contributed by atoms with Crippen LogP contribution in [0.2, 0.25) is 0 Å². The van der Waals surface area contributed by atoms with E-state index < -0.39 is 11.1 Å². The maximum absolute atomic E-state index is 10.3. The molecule has 0 aliphatic rings. The molecule has 0 aliphatic heterocycles. The predicted molar refractivity (Wildman–Crippen MR) is 61.8 cm³/mol. The van der Waals surface area contributed by atoms with Gasteiger partial charge in [-0.05, 0) is 18.9 Å². The molecule has 0 amide bonds. The summed E-state index contributed by atoms with van der Waals surface area (Å²) < 4.78 is 18.8. The van der Waals surface area contributed by atoms with Gasteiger partial charge >= 0.3 is 0 Å². The zero-order valence-electron chi connectivity index (χ0n) is 9.29. The first-order chi connectivity index (χ1) is 6.66. The fraction of sp³-hybridized carbons (Fsp3) is 1.00. The van der Waals surface area contributed by atoms with E-state index in [1.165, 1.54) is 25.7 Å². The zero-order valence-corrected chi connectivity index (χ0v) is 10.1. The molecule has 0 bridgehead atoms. The topological polar surface area (TPSA) is 49.3 Å². The molecule has 2 atom stereocenters. The van der Waals surface area contributed by atoms with Crippen molar-refractivity contribution in [1.29, 1.82) is 0 Å². The quantitative estimate of drug-likeness (QED) is 0.462. The van der Waals surface area contributed by atoms with Crippen LogP contribution >= 0.6 is 0 Å². The molecule has 14 heavy (non-hydrogen) atoms. The first-order valence-corrected chi connectivity index (χ1v) is 6.72. The van der Waals surface area contributed by atoms with Gasteiger partial charge in [0.05, 0.1) is 5.75 Å². The lowest BCUT2D eigenvalue weighted by Crippen LogP contribution is -2.21. The van der Waals surface area contributed by atoms with Crippen molar-refractivity contribution in [2.24, 2.45) is 5.92 Å². The molecule has 0 saturated carbocycles. The number of unbranched alkanes of at least 4 members (excludes halogenated alkanes) is 1. The average Bonchev–Trinajstić information content (AvgIpc) is 2.15. The first kappa shape index (κ1) is 14.1. The molecule has 0 aromatic carbocycles. The highest BCUT2D eigenvalue weighted by Gasteiger charge is 1.98. The highest BCUT2D eigenvalue weighted by atomic mass is 32.2. The van der Waals surface area contributed by atoms with E-state index in [0.29, 0.717) is 12.3 Å². The molecule has 0 radical (unpaired) electrons. The molecule has 2 N–H and O–H groups in total. The van der Waals surface area contributed by atoms with E-state index in [9.17, 15) is 4.21 Å². The van der Waals surface area contributed by atoms with Crippen molar-refractivity contribution < 1.29 is 8.76 Å². The Bertz CT molecular complexity index is 153. The van der Waals surface area contributed by atoms with Crippen LogP contribution < -0.4 is 5.32 Å². The number of nitrogens with one attached hydrogen (secondary N) is 1. The summed E-state index contributed by atoms with van der Waals surface area (Å²) in [6.07, 6.45) is 4.98. The summed E-state index contributed by atoms with van der Waals surface area (Å²) in [5.74, 6) is 1.17. The first-order valence-electron chi connectivity index (χ1n) is 5.45. The highest BCUT2D eigenvalue weighted by Crippen LogP contribution is 2.10. The van der Waals surface area contributed by atoms with Crippen LogP contribution in [-0.2, 0) is 11.1 Å². The van der Waals surface area contributed by atoms with Crippen molar-refractivity contribution in [3.05, 3.63) is 0 Å². The largest absolute Gasteiger partial charge is 0.316 e. The third-order valence-electron chi connectivity index (χ3n) is 2.45. The van der Waals surface area contributed by atoms with Crippen LogP contribution in [-0.4, -0.2) is 27.6 Å². The van der Waals surface area contributed by atoms with Crippen molar-refractivity contribution >= 4 is 11.1 Å². The van der Waals surface area contributed by atoms with Crippen molar-refractivity contribution in [3.63, 3.8) is 0 Å². The van der Waals surface area contributed by atoms with Crippen LogP contribution in [0.4, 0.5) is 0 Å². The molecule has 2 unspecified atom stereocenters. The van der Waals surface area contributed by atoms with Gasteiger partial charge in [0.2, 0.25) is 0 Å². The molecule has 0 aliphatic carbocycles. The van der Waals surface area contributed by atoms with Gasteiger partial charge in [0.1, 0.15) is 0 Å². The Morgan fingerprint density at radius 2 is 2.07 bits per heavy atom. The van der Waals surface area contributed by atoms with Gasteiger partial charge in [-0.2, -0.15) is 0 Å². The average molecular weight is 221 g/mol. The second-order valence-electron chi connectivity index (χ2n) is 3.78. The second kappa shape index (κ2) is 9.62. The molecule has 0 fully saturated rings. The lowest BCUT2D eigenvalue weighted by Gasteiger charge is -2.07. The van der Waals surface area contributed by atoms with Crippen LogP contribution in [0.3, 0.4) is 0 Å². The summed E-state index contributed by atoms with van der Waals surface area (Å²) >= 11 is -1.64. The van der Waals surface area contributed by atoms with E-state index in [1.54, 1.807) is 0 Å². The Morgan fingerprint density at radius 3 is 2.64 bits per heavy atom. The lowest BCUT2D eigenvalue weighted by atomic mass is 10.0. The van der Waals surface area contributed by atoms with Gasteiger partial charge in [-0.1, -0.05) is 33.1 Å². The maximum atomic E-state index is 10.3. The SMILES string of the molecule is CCC(C)CCCCNCCS(=O)O. The highest BCUT2D eigenvalue weighted by molar-refractivity contribution is 7.79. The smallest absolute Gasteiger partial charge is 0.154 e. The Balaban J connectivity index is 3.02. The van der Waals surface area contributed by atoms with Crippen LogP contribution in [0.15, 0.2) is 0 Å². The van der Waals surface area contributed by atoms with Gasteiger partial charge in [-0.15, -0.1) is 0 Å². The van der Waals surface area contributed by atoms with E-state index >= 15 is 0 Å². The maximum Gasteiger partial charge on any atom is 0.154 e. The van der Waals surface area contributed by atoms with Crippen molar-refractivity contribution in [2.75, 3.05) is 18.8 Å². The summed E-state index contributed by atoms with van der Waals surface area (Å²) in [5, 5.41) is 3.16. The van der Waals surface area contributed by atoms with Crippen molar-refractivity contribution in [1.82, 2.24) is 5.32 Å². The number of hydrogen-bond acceptors (Lipinski definition) is 2. The summed E-state index contributed by atoms with van der Waals surface area (Å²) in [6.45, 7) is 6.11. The van der Waals surface area contributed by atoms with Crippen LogP contribution in [0.25, 0.3) is 0 Å². The van der Waals surface area contributed by atoms with Gasteiger partial charge in [-0.25, -0.2) is 4.21 Å². The molecule has 4 heteroatoms. The van der Waals surface area contributed by atoms with Crippen molar-refractivity contribution in [3.8, 4) is 0 Å². The standard InChI is InChI=1S/C10H23NO2S/c1-3-10(2)6-4-5-7-11-8-9-14(12)13/h10-11H,3-9H2,1-2H3,(H,12,13). The fourth-order valence-electron chi connectivity index (χ4n) is 1.23. The Labute approximate surface area is 90.0 Å². The zero-order chi connectivity index (χ0) is 10.8. The van der Waals surface area contributed by atoms with Crippen molar-refractivity contribution in [2.45, 2.75) is 39.5 Å². The fourth-order valence-corrected chi connectivity index (χ4v) is 1.55. The normalized spacial score (nSPS) is 15.4.